The first-order chi connectivity index (χ1) is 9.15. The second-order valence-electron chi connectivity index (χ2n) is 3.57. The molecule has 1 aromatic rings. The first-order valence-electron chi connectivity index (χ1n) is 5.83. The summed E-state index contributed by atoms with van der Waals surface area (Å²) in [4.78, 5) is 23.8. The van der Waals surface area contributed by atoms with Crippen LogP contribution in [0.25, 0.3) is 0 Å². The van der Waals surface area contributed by atoms with Gasteiger partial charge in [-0.3, -0.25) is 9.59 Å². The maximum Gasteiger partial charge on any atom is 0.315 e. The van der Waals surface area contributed by atoms with Gasteiger partial charge in [0.2, 0.25) is 5.91 Å². The highest BCUT2D eigenvalue weighted by atomic mass is 32.2. The van der Waals surface area contributed by atoms with Crippen LogP contribution in [0, 0.1) is 0 Å². The Morgan fingerprint density at radius 1 is 1.21 bits per heavy atom. The number of thioether (sulfide) groups is 2. The van der Waals surface area contributed by atoms with Crippen molar-refractivity contribution in [2.45, 2.75) is 11.8 Å². The zero-order chi connectivity index (χ0) is 14.1. The molecular formula is C13H17NO3S2. The first kappa shape index (κ1) is 15.9. The molecule has 19 heavy (non-hydrogen) atoms. The van der Waals surface area contributed by atoms with Gasteiger partial charge in [-0.05, 0) is 37.4 Å². The fourth-order valence-corrected chi connectivity index (χ4v) is 2.32. The summed E-state index contributed by atoms with van der Waals surface area (Å²) in [5, 5.41) is 2.78. The molecule has 0 unspecified atom stereocenters. The van der Waals surface area contributed by atoms with Gasteiger partial charge < -0.3 is 10.1 Å². The third-order valence-electron chi connectivity index (χ3n) is 2.13. The van der Waals surface area contributed by atoms with E-state index in [9.17, 15) is 9.59 Å². The maximum atomic E-state index is 11.6. The van der Waals surface area contributed by atoms with E-state index < -0.39 is 0 Å². The summed E-state index contributed by atoms with van der Waals surface area (Å²) in [7, 11) is 0. The molecule has 0 spiro atoms. The summed E-state index contributed by atoms with van der Waals surface area (Å²) in [6.07, 6.45) is 2.00. The number of anilines is 1. The minimum Gasteiger partial charge on any atom is -0.465 e. The van der Waals surface area contributed by atoms with Crippen molar-refractivity contribution in [3.63, 3.8) is 0 Å². The molecule has 1 amide bonds. The van der Waals surface area contributed by atoms with Crippen molar-refractivity contribution in [1.29, 1.82) is 0 Å². The molecule has 0 radical (unpaired) electrons. The zero-order valence-corrected chi connectivity index (χ0v) is 12.6. The average Bonchev–Trinajstić information content (AvgIpc) is 2.40. The van der Waals surface area contributed by atoms with Crippen LogP contribution in [0.5, 0.6) is 0 Å². The van der Waals surface area contributed by atoms with Crippen molar-refractivity contribution in [3.8, 4) is 0 Å². The lowest BCUT2D eigenvalue weighted by molar-refractivity contribution is -0.139. The molecule has 104 valence electrons. The number of amides is 1. The van der Waals surface area contributed by atoms with E-state index >= 15 is 0 Å². The Kier molecular flexibility index (Phi) is 7.43. The Hall–Kier alpha value is -1.14. The average molecular weight is 299 g/mol. The van der Waals surface area contributed by atoms with Crippen molar-refractivity contribution in [3.05, 3.63) is 24.3 Å². The van der Waals surface area contributed by atoms with Crippen LogP contribution in [-0.4, -0.2) is 36.2 Å². The summed E-state index contributed by atoms with van der Waals surface area (Å²) >= 11 is 2.90. The third-order valence-corrected chi connectivity index (χ3v) is 3.78. The fraction of sp³-hybridized carbons (Fsp3) is 0.385. The molecule has 0 atom stereocenters. The predicted octanol–water partition coefficient (Wildman–Crippen LogP) is 2.64. The number of nitrogens with one attached hydrogen (secondary N) is 1. The van der Waals surface area contributed by atoms with E-state index in [4.69, 9.17) is 4.74 Å². The van der Waals surface area contributed by atoms with Gasteiger partial charge in [0.25, 0.3) is 0 Å². The van der Waals surface area contributed by atoms with Crippen LogP contribution >= 0.6 is 23.5 Å². The van der Waals surface area contributed by atoms with Gasteiger partial charge in [-0.15, -0.1) is 23.5 Å². The summed E-state index contributed by atoms with van der Waals surface area (Å²) in [6, 6.07) is 7.62. The van der Waals surface area contributed by atoms with E-state index in [0.717, 1.165) is 10.6 Å². The Bertz CT molecular complexity index is 420. The second-order valence-corrected chi connectivity index (χ2v) is 5.44. The summed E-state index contributed by atoms with van der Waals surface area (Å²) in [5.41, 5.74) is 0.763. The number of hydrogen-bond donors (Lipinski definition) is 1. The van der Waals surface area contributed by atoms with Gasteiger partial charge in [-0.2, -0.15) is 0 Å². The van der Waals surface area contributed by atoms with Crippen molar-refractivity contribution >= 4 is 41.1 Å². The first-order valence-corrected chi connectivity index (χ1v) is 8.21. The number of carbonyl (C=O) groups excluding carboxylic acids is 2. The predicted molar refractivity (Wildman–Crippen MR) is 80.8 cm³/mol. The topological polar surface area (TPSA) is 55.4 Å². The molecule has 6 heteroatoms. The van der Waals surface area contributed by atoms with Crippen molar-refractivity contribution in [2.24, 2.45) is 0 Å². The molecule has 0 heterocycles. The van der Waals surface area contributed by atoms with Gasteiger partial charge in [0, 0.05) is 10.6 Å². The van der Waals surface area contributed by atoms with Gasteiger partial charge in [0.05, 0.1) is 18.1 Å². The number of rotatable bonds is 7. The molecule has 0 bridgehead atoms. The van der Waals surface area contributed by atoms with Crippen molar-refractivity contribution in [2.75, 3.05) is 29.7 Å². The van der Waals surface area contributed by atoms with Crippen molar-refractivity contribution < 1.29 is 14.3 Å². The minimum absolute atomic E-state index is 0.119. The third kappa shape index (κ3) is 6.54. The highest BCUT2D eigenvalue weighted by Crippen LogP contribution is 2.17. The minimum atomic E-state index is -0.287. The fourth-order valence-electron chi connectivity index (χ4n) is 1.30. The second kappa shape index (κ2) is 8.87. The maximum absolute atomic E-state index is 11.6. The standard InChI is InChI=1S/C13H17NO3S2/c1-3-17-13(16)9-19-8-12(15)14-10-4-6-11(18-2)7-5-10/h4-7H,3,8-9H2,1-2H3,(H,14,15). The van der Waals surface area contributed by atoms with E-state index in [0.29, 0.717) is 6.61 Å². The van der Waals surface area contributed by atoms with Gasteiger partial charge in [-0.1, -0.05) is 0 Å². The largest absolute Gasteiger partial charge is 0.465 e. The Morgan fingerprint density at radius 2 is 1.89 bits per heavy atom. The smallest absolute Gasteiger partial charge is 0.315 e. The highest BCUT2D eigenvalue weighted by Gasteiger charge is 2.06. The van der Waals surface area contributed by atoms with Crippen LogP contribution in [-0.2, 0) is 14.3 Å². The molecular weight excluding hydrogens is 282 g/mol. The van der Waals surface area contributed by atoms with E-state index in [1.54, 1.807) is 18.7 Å². The molecule has 1 rings (SSSR count). The van der Waals surface area contributed by atoms with Crippen LogP contribution in [0.1, 0.15) is 6.92 Å². The number of carbonyl (C=O) groups is 2. The lowest BCUT2D eigenvalue weighted by Gasteiger charge is -2.05. The summed E-state index contributed by atoms with van der Waals surface area (Å²) in [5.74, 6) is 0.0336. The normalized spacial score (nSPS) is 10.0. The number of ether oxygens (including phenoxy) is 1. The van der Waals surface area contributed by atoms with E-state index in [2.05, 4.69) is 5.32 Å². The number of esters is 1. The van der Waals surface area contributed by atoms with Crippen LogP contribution < -0.4 is 5.32 Å². The zero-order valence-electron chi connectivity index (χ0n) is 11.0. The lowest BCUT2D eigenvalue weighted by atomic mass is 10.3. The molecule has 0 fully saturated rings. The molecule has 0 aliphatic carbocycles. The van der Waals surface area contributed by atoms with E-state index in [1.165, 1.54) is 11.8 Å². The van der Waals surface area contributed by atoms with Gasteiger partial charge in [-0.25, -0.2) is 0 Å². The molecule has 0 saturated heterocycles. The molecule has 1 N–H and O–H groups in total. The summed E-state index contributed by atoms with van der Waals surface area (Å²) in [6.45, 7) is 2.13. The van der Waals surface area contributed by atoms with Crippen LogP contribution in [0.4, 0.5) is 5.69 Å². The monoisotopic (exact) mass is 299 g/mol. The Labute approximate surface area is 121 Å². The molecule has 0 aliphatic heterocycles. The van der Waals surface area contributed by atoms with Crippen LogP contribution in [0.2, 0.25) is 0 Å². The summed E-state index contributed by atoms with van der Waals surface area (Å²) < 4.78 is 4.77. The van der Waals surface area contributed by atoms with E-state index in [1.807, 2.05) is 30.5 Å². The Morgan fingerprint density at radius 3 is 2.47 bits per heavy atom. The number of benzene rings is 1. The SMILES string of the molecule is CCOC(=O)CSCC(=O)Nc1ccc(SC)cc1. The van der Waals surface area contributed by atoms with Crippen LogP contribution in [0.15, 0.2) is 29.2 Å². The molecule has 0 saturated carbocycles. The van der Waals surface area contributed by atoms with Gasteiger partial charge in [0.15, 0.2) is 0 Å². The molecule has 1 aromatic carbocycles. The van der Waals surface area contributed by atoms with E-state index in [-0.39, 0.29) is 23.4 Å². The molecule has 0 aliphatic rings. The van der Waals surface area contributed by atoms with Gasteiger partial charge >= 0.3 is 5.97 Å². The number of hydrogen-bond acceptors (Lipinski definition) is 5. The van der Waals surface area contributed by atoms with Crippen LogP contribution in [0.3, 0.4) is 0 Å². The highest BCUT2D eigenvalue weighted by molar-refractivity contribution is 8.00. The quantitative estimate of drug-likeness (QED) is 0.619. The Balaban J connectivity index is 2.28. The lowest BCUT2D eigenvalue weighted by Crippen LogP contribution is -2.16. The molecule has 0 aromatic heterocycles. The van der Waals surface area contributed by atoms with Crippen molar-refractivity contribution in [1.82, 2.24) is 0 Å². The molecule has 4 nitrogen and oxygen atoms in total. The van der Waals surface area contributed by atoms with Gasteiger partial charge in [0.1, 0.15) is 0 Å².